The molecule has 0 fully saturated rings. The van der Waals surface area contributed by atoms with Gasteiger partial charge in [-0.15, -0.1) is 0 Å². The second kappa shape index (κ2) is 7.32. The van der Waals surface area contributed by atoms with Gasteiger partial charge >= 0.3 is 0 Å². The molecule has 2 nitrogen and oxygen atoms in total. The lowest BCUT2D eigenvalue weighted by Gasteiger charge is -2.13. The van der Waals surface area contributed by atoms with Crippen molar-refractivity contribution in [3.63, 3.8) is 0 Å². The van der Waals surface area contributed by atoms with Crippen LogP contribution in [0.2, 0.25) is 6.55 Å². The molecule has 0 N–H and O–H groups in total. The van der Waals surface area contributed by atoms with E-state index in [4.69, 9.17) is 8.23 Å². The second-order valence-electron chi connectivity index (χ2n) is 3.21. The third kappa shape index (κ3) is 4.49. The average molecular weight is 259 g/mol. The van der Waals surface area contributed by atoms with Crippen molar-refractivity contribution in [1.29, 1.82) is 0 Å². The van der Waals surface area contributed by atoms with E-state index >= 15 is 0 Å². The van der Waals surface area contributed by atoms with E-state index in [9.17, 15) is 0 Å². The van der Waals surface area contributed by atoms with Gasteiger partial charge in [-0.2, -0.15) is 0 Å². The van der Waals surface area contributed by atoms with Crippen LogP contribution in [-0.2, 0) is 14.3 Å². The van der Waals surface area contributed by atoms with Crippen LogP contribution in [0.5, 0.6) is 0 Å². The molecule has 1 aromatic carbocycles. The molecule has 0 radical (unpaired) electrons. The summed E-state index contributed by atoms with van der Waals surface area (Å²) in [6.07, 6.45) is 0. The van der Waals surface area contributed by atoms with Gasteiger partial charge in [-0.1, -0.05) is 36.9 Å². The Morgan fingerprint density at radius 1 is 1.36 bits per heavy atom. The third-order valence-corrected chi connectivity index (χ3v) is 15.8. The van der Waals surface area contributed by atoms with Crippen LogP contribution in [0, 0.1) is 0 Å². The molecule has 0 aliphatic rings. The van der Waals surface area contributed by atoms with E-state index in [1.807, 2.05) is 0 Å². The first-order chi connectivity index (χ1) is 6.86. The minimum atomic E-state index is -0.944. The van der Waals surface area contributed by atoms with Gasteiger partial charge < -0.3 is 8.23 Å². The Balaban J connectivity index is 2.40. The zero-order valence-corrected chi connectivity index (χ0v) is 14.9. The summed E-state index contributed by atoms with van der Waals surface area (Å²) in [5, 5.41) is 0. The maximum Gasteiger partial charge on any atom is 0.177 e. The van der Waals surface area contributed by atoms with Crippen molar-refractivity contribution in [3.8, 4) is 0 Å². The number of hydrogen-bond acceptors (Lipinski definition) is 2. The third-order valence-electron chi connectivity index (χ3n) is 2.15. The Labute approximate surface area is 95.0 Å². The summed E-state index contributed by atoms with van der Waals surface area (Å²) in [6, 6.07) is 11.8. The van der Waals surface area contributed by atoms with Crippen LogP contribution in [0.25, 0.3) is 0 Å². The summed E-state index contributed by atoms with van der Waals surface area (Å²) in [5.74, 6) is 0. The second-order valence-corrected chi connectivity index (χ2v) is 13.0. The monoisotopic (exact) mass is 258 g/mol. The summed E-state index contributed by atoms with van der Waals surface area (Å²) in [5.41, 5.74) is 1.42. The van der Waals surface area contributed by atoms with Crippen molar-refractivity contribution in [2.75, 3.05) is 0 Å². The summed E-state index contributed by atoms with van der Waals surface area (Å²) in [7, 11) is -0.563. The van der Waals surface area contributed by atoms with E-state index in [2.05, 4.69) is 36.9 Å². The molecule has 0 heterocycles. The smallest absolute Gasteiger partial charge is 0.177 e. The molecule has 1 aromatic rings. The fourth-order valence-electron chi connectivity index (χ4n) is 1.34. The van der Waals surface area contributed by atoms with E-state index in [1.54, 1.807) is 0 Å². The molecule has 0 spiro atoms. The largest absolute Gasteiger partial charge is 0.466 e. The molecular formula is C8H18O2Si4. The lowest BCUT2D eigenvalue weighted by Crippen LogP contribution is -2.31. The summed E-state index contributed by atoms with van der Waals surface area (Å²) in [6.45, 7) is 2.20. The van der Waals surface area contributed by atoms with Gasteiger partial charge in [0.25, 0.3) is 0 Å². The molecule has 6 heteroatoms. The van der Waals surface area contributed by atoms with Crippen LogP contribution in [0.4, 0.5) is 0 Å². The topological polar surface area (TPSA) is 18.5 Å². The first-order valence-corrected chi connectivity index (χ1v) is 12.9. The quantitative estimate of drug-likeness (QED) is 0.580. The summed E-state index contributed by atoms with van der Waals surface area (Å²) >= 11 is 0. The Bertz CT molecular complexity index is 244. The SMILES string of the molecule is C[SiH2]O[SiH2][SiH](Cc1ccccc1)O[SiH3]. The van der Waals surface area contributed by atoms with Crippen molar-refractivity contribution in [3.05, 3.63) is 35.9 Å². The highest BCUT2D eigenvalue weighted by atomic mass is 29.2. The summed E-state index contributed by atoms with van der Waals surface area (Å²) < 4.78 is 11.4. The zero-order chi connectivity index (χ0) is 10.2. The van der Waals surface area contributed by atoms with E-state index < -0.39 is 8.56 Å². The molecule has 1 rings (SSSR count). The number of hydrogen-bond donors (Lipinski definition) is 0. The van der Waals surface area contributed by atoms with Gasteiger partial charge in [0.2, 0.25) is 0 Å². The van der Waals surface area contributed by atoms with Gasteiger partial charge in [-0.05, 0) is 11.6 Å². The number of benzene rings is 1. The molecule has 0 saturated heterocycles. The fourth-order valence-corrected chi connectivity index (χ4v) is 12.5. The van der Waals surface area contributed by atoms with Crippen LogP contribution in [0.1, 0.15) is 5.56 Å². The molecule has 78 valence electrons. The predicted molar refractivity (Wildman–Crippen MR) is 72.4 cm³/mol. The van der Waals surface area contributed by atoms with Crippen LogP contribution in [-0.4, -0.2) is 38.1 Å². The van der Waals surface area contributed by atoms with Gasteiger partial charge in [0.1, 0.15) is 20.2 Å². The van der Waals surface area contributed by atoms with Gasteiger partial charge in [-0.3, -0.25) is 0 Å². The first-order valence-electron chi connectivity index (χ1n) is 5.01. The molecular weight excluding hydrogens is 240 g/mol. The predicted octanol–water partition coefficient (Wildman–Crippen LogP) is -1.48. The molecule has 1 atom stereocenters. The van der Waals surface area contributed by atoms with Crippen LogP contribution in [0.3, 0.4) is 0 Å². The molecule has 1 unspecified atom stereocenters. The van der Waals surface area contributed by atoms with Gasteiger partial charge in [-0.25, -0.2) is 0 Å². The van der Waals surface area contributed by atoms with Gasteiger partial charge in [0.05, 0.1) is 0 Å². The lowest BCUT2D eigenvalue weighted by atomic mass is 10.2. The van der Waals surface area contributed by atoms with Gasteiger partial charge in [0.15, 0.2) is 17.8 Å². The van der Waals surface area contributed by atoms with Crippen LogP contribution < -0.4 is 0 Å². The van der Waals surface area contributed by atoms with E-state index in [0.717, 1.165) is 10.5 Å². The van der Waals surface area contributed by atoms with Crippen LogP contribution in [0.15, 0.2) is 30.3 Å². The molecule has 0 aliphatic heterocycles. The normalized spacial score (nSPS) is 14.6. The van der Waals surface area contributed by atoms with Crippen molar-refractivity contribution >= 4 is 38.1 Å². The van der Waals surface area contributed by atoms with Crippen molar-refractivity contribution in [1.82, 2.24) is 0 Å². The summed E-state index contributed by atoms with van der Waals surface area (Å²) in [4.78, 5) is 0. The first kappa shape index (κ1) is 12.1. The minimum absolute atomic E-state index is 0.195. The minimum Gasteiger partial charge on any atom is -0.466 e. The Kier molecular flexibility index (Phi) is 6.31. The van der Waals surface area contributed by atoms with E-state index in [-0.39, 0.29) is 19.0 Å². The standard InChI is InChI=1S/C8H18O2Si4/c1-12-10-13-14(9-11)7-8-5-3-2-4-6-8/h2-6,14H,7,12-13H2,1,11H3. The molecule has 0 amide bonds. The highest BCUT2D eigenvalue weighted by Gasteiger charge is 2.10. The number of rotatable bonds is 6. The maximum absolute atomic E-state index is 5.70. The van der Waals surface area contributed by atoms with Crippen LogP contribution >= 0.6 is 0 Å². The molecule has 14 heavy (non-hydrogen) atoms. The Hall–Kier alpha value is 0.00753. The lowest BCUT2D eigenvalue weighted by molar-refractivity contribution is 0.615. The highest BCUT2D eigenvalue weighted by Crippen LogP contribution is 2.02. The fraction of sp³-hybridized carbons (Fsp3) is 0.250. The molecule has 0 aromatic heterocycles. The van der Waals surface area contributed by atoms with Crippen molar-refractivity contribution in [2.45, 2.75) is 12.6 Å². The zero-order valence-electron chi connectivity index (χ0n) is 8.90. The average Bonchev–Trinajstić information content (AvgIpc) is 2.25. The van der Waals surface area contributed by atoms with E-state index in [1.165, 1.54) is 11.6 Å². The van der Waals surface area contributed by atoms with Crippen molar-refractivity contribution in [2.24, 2.45) is 0 Å². The van der Waals surface area contributed by atoms with Crippen molar-refractivity contribution < 1.29 is 8.23 Å². The molecule has 0 aliphatic carbocycles. The van der Waals surface area contributed by atoms with Gasteiger partial charge in [0, 0.05) is 0 Å². The molecule has 0 bridgehead atoms. The highest BCUT2D eigenvalue weighted by molar-refractivity contribution is 7.07. The van der Waals surface area contributed by atoms with E-state index in [0.29, 0.717) is 0 Å². The Morgan fingerprint density at radius 2 is 2.07 bits per heavy atom. The maximum atomic E-state index is 5.70. The molecule has 0 saturated carbocycles. The Morgan fingerprint density at radius 3 is 2.64 bits per heavy atom.